The third-order valence-electron chi connectivity index (χ3n) is 5.00. The highest BCUT2D eigenvalue weighted by Crippen LogP contribution is 2.35. The summed E-state index contributed by atoms with van der Waals surface area (Å²) in [7, 11) is 2.01. The third kappa shape index (κ3) is 3.22. The van der Waals surface area contributed by atoms with E-state index < -0.39 is 0 Å². The minimum Gasteiger partial charge on any atom is -0.618 e. The van der Waals surface area contributed by atoms with Crippen molar-refractivity contribution in [1.29, 1.82) is 0 Å². The number of para-hydroxylation sites is 1. The van der Waals surface area contributed by atoms with E-state index in [9.17, 15) is 10.0 Å². The number of carbonyl (C=O) groups excluding carboxylic acids is 1. The molecule has 4 rings (SSSR count). The first-order valence-corrected chi connectivity index (χ1v) is 8.95. The van der Waals surface area contributed by atoms with Crippen molar-refractivity contribution in [3.63, 3.8) is 0 Å². The number of benzene rings is 2. The maximum atomic E-state index is 12.9. The standard InChI is InChI=1S/C23H20N2O2/c1-24-16-20(18-11-5-6-12-21(18)24)19(17-9-3-2-4-10-17)15-23(26)22-13-7-8-14-25(22)27/h2-14,16,19H,15H2,1H3/t19-/m1/s1. The summed E-state index contributed by atoms with van der Waals surface area (Å²) in [5.41, 5.74) is 3.47. The summed E-state index contributed by atoms with van der Waals surface area (Å²) < 4.78 is 2.73. The van der Waals surface area contributed by atoms with Gasteiger partial charge in [-0.25, -0.2) is 0 Å². The fourth-order valence-corrected chi connectivity index (χ4v) is 3.68. The molecule has 0 aliphatic rings. The minimum absolute atomic E-state index is 0.120. The molecule has 134 valence electrons. The second-order valence-corrected chi connectivity index (χ2v) is 6.71. The molecule has 0 fully saturated rings. The molecule has 0 radical (unpaired) electrons. The lowest BCUT2D eigenvalue weighted by molar-refractivity contribution is -0.607. The Morgan fingerprint density at radius 1 is 1.00 bits per heavy atom. The molecule has 0 bridgehead atoms. The van der Waals surface area contributed by atoms with Crippen LogP contribution in [0, 0.1) is 5.21 Å². The van der Waals surface area contributed by atoms with E-state index in [1.165, 1.54) is 6.20 Å². The van der Waals surface area contributed by atoms with Gasteiger partial charge in [0.15, 0.2) is 6.20 Å². The van der Waals surface area contributed by atoms with Crippen molar-refractivity contribution in [2.24, 2.45) is 7.05 Å². The Balaban J connectivity index is 1.81. The monoisotopic (exact) mass is 356 g/mol. The van der Waals surface area contributed by atoms with Crippen LogP contribution in [-0.2, 0) is 7.05 Å². The zero-order chi connectivity index (χ0) is 18.8. The molecule has 0 saturated heterocycles. The molecule has 0 aliphatic heterocycles. The number of ketones is 1. The first-order chi connectivity index (χ1) is 13.1. The molecule has 0 amide bonds. The quantitative estimate of drug-likeness (QED) is 0.305. The highest BCUT2D eigenvalue weighted by atomic mass is 16.5. The summed E-state index contributed by atoms with van der Waals surface area (Å²) in [6, 6.07) is 23.1. The number of carbonyl (C=O) groups is 1. The van der Waals surface area contributed by atoms with Gasteiger partial charge in [0.1, 0.15) is 0 Å². The maximum Gasteiger partial charge on any atom is 0.259 e. The van der Waals surface area contributed by atoms with E-state index in [4.69, 9.17) is 0 Å². The van der Waals surface area contributed by atoms with Gasteiger partial charge < -0.3 is 9.77 Å². The van der Waals surface area contributed by atoms with Crippen LogP contribution in [0.5, 0.6) is 0 Å². The van der Waals surface area contributed by atoms with E-state index in [0.717, 1.165) is 22.0 Å². The molecule has 0 saturated carbocycles. The number of nitrogens with zero attached hydrogens (tertiary/aromatic N) is 2. The van der Waals surface area contributed by atoms with E-state index in [-0.39, 0.29) is 23.8 Å². The van der Waals surface area contributed by atoms with E-state index in [1.807, 2.05) is 49.5 Å². The third-order valence-corrected chi connectivity index (χ3v) is 5.00. The number of hydrogen-bond donors (Lipinski definition) is 0. The Morgan fingerprint density at radius 2 is 1.70 bits per heavy atom. The van der Waals surface area contributed by atoms with Crippen LogP contribution < -0.4 is 4.73 Å². The van der Waals surface area contributed by atoms with Crippen LogP contribution in [0.1, 0.15) is 34.0 Å². The molecule has 2 aromatic heterocycles. The Bertz CT molecular complexity index is 1100. The molecule has 27 heavy (non-hydrogen) atoms. The number of rotatable bonds is 5. The van der Waals surface area contributed by atoms with Crippen molar-refractivity contribution in [2.45, 2.75) is 12.3 Å². The Morgan fingerprint density at radius 3 is 2.48 bits per heavy atom. The molecule has 4 aromatic rings. The topological polar surface area (TPSA) is 48.9 Å². The Labute approximate surface area is 157 Å². The summed E-state index contributed by atoms with van der Waals surface area (Å²) in [4.78, 5) is 12.9. The zero-order valence-corrected chi connectivity index (χ0v) is 15.1. The van der Waals surface area contributed by atoms with Crippen LogP contribution in [0.4, 0.5) is 0 Å². The lowest BCUT2D eigenvalue weighted by Crippen LogP contribution is -2.34. The van der Waals surface area contributed by atoms with Gasteiger partial charge in [0.05, 0.1) is 0 Å². The summed E-state index contributed by atoms with van der Waals surface area (Å²) in [5, 5.41) is 13.2. The molecular weight excluding hydrogens is 336 g/mol. The van der Waals surface area contributed by atoms with Crippen molar-refractivity contribution in [2.75, 3.05) is 0 Å². The van der Waals surface area contributed by atoms with Gasteiger partial charge in [0, 0.05) is 48.6 Å². The summed E-state index contributed by atoms with van der Waals surface area (Å²) in [5.74, 6) is -0.280. The van der Waals surface area contributed by atoms with Gasteiger partial charge in [-0.05, 0) is 23.3 Å². The van der Waals surface area contributed by atoms with Crippen LogP contribution in [0.3, 0.4) is 0 Å². The van der Waals surface area contributed by atoms with Crippen LogP contribution in [0.2, 0.25) is 0 Å². The van der Waals surface area contributed by atoms with Crippen molar-refractivity contribution < 1.29 is 9.52 Å². The first kappa shape index (κ1) is 17.0. The van der Waals surface area contributed by atoms with Gasteiger partial charge in [-0.1, -0.05) is 48.5 Å². The Hall–Kier alpha value is -3.40. The molecular formula is C23H20N2O2. The number of pyridine rings is 1. The van der Waals surface area contributed by atoms with E-state index >= 15 is 0 Å². The Kier molecular flexibility index (Phi) is 4.47. The highest BCUT2D eigenvalue weighted by molar-refractivity contribution is 5.94. The average molecular weight is 356 g/mol. The zero-order valence-electron chi connectivity index (χ0n) is 15.1. The number of Topliss-reactive ketones (excluding diaryl/α,β-unsaturated/α-hetero) is 1. The van der Waals surface area contributed by atoms with Crippen molar-refractivity contribution >= 4 is 16.7 Å². The summed E-state index contributed by atoms with van der Waals surface area (Å²) >= 11 is 0. The number of aromatic nitrogens is 2. The minimum atomic E-state index is -0.160. The molecule has 0 aliphatic carbocycles. The molecule has 4 nitrogen and oxygen atoms in total. The molecule has 2 heterocycles. The van der Waals surface area contributed by atoms with Crippen molar-refractivity contribution in [3.05, 3.63) is 107 Å². The molecule has 0 spiro atoms. The van der Waals surface area contributed by atoms with Gasteiger partial charge in [-0.2, -0.15) is 4.73 Å². The number of fused-ring (bicyclic) bond motifs is 1. The van der Waals surface area contributed by atoms with E-state index in [1.54, 1.807) is 18.2 Å². The second-order valence-electron chi connectivity index (χ2n) is 6.71. The van der Waals surface area contributed by atoms with Crippen molar-refractivity contribution in [1.82, 2.24) is 4.57 Å². The van der Waals surface area contributed by atoms with Crippen LogP contribution in [0.25, 0.3) is 10.9 Å². The first-order valence-electron chi connectivity index (χ1n) is 8.95. The van der Waals surface area contributed by atoms with Gasteiger partial charge in [-0.3, -0.25) is 4.79 Å². The van der Waals surface area contributed by atoms with E-state index in [2.05, 4.69) is 22.9 Å². The largest absolute Gasteiger partial charge is 0.618 e. The fourth-order valence-electron chi connectivity index (χ4n) is 3.68. The maximum absolute atomic E-state index is 12.9. The number of aryl methyl sites for hydroxylation is 1. The molecule has 0 N–H and O–H groups in total. The second kappa shape index (κ2) is 7.08. The van der Waals surface area contributed by atoms with E-state index in [0.29, 0.717) is 4.73 Å². The van der Waals surface area contributed by atoms with Crippen molar-refractivity contribution in [3.8, 4) is 0 Å². The molecule has 1 atom stereocenters. The van der Waals surface area contributed by atoms with Crippen LogP contribution in [-0.4, -0.2) is 10.4 Å². The van der Waals surface area contributed by atoms with Gasteiger partial charge in [0.2, 0.25) is 5.78 Å². The predicted octanol–water partition coefficient (Wildman–Crippen LogP) is 4.22. The summed E-state index contributed by atoms with van der Waals surface area (Å²) in [6.07, 6.45) is 3.69. The van der Waals surface area contributed by atoms with Crippen LogP contribution in [0.15, 0.2) is 85.2 Å². The molecule has 4 heteroatoms. The van der Waals surface area contributed by atoms with Gasteiger partial charge >= 0.3 is 0 Å². The highest BCUT2D eigenvalue weighted by Gasteiger charge is 2.25. The average Bonchev–Trinajstić information content (AvgIpc) is 3.04. The summed E-state index contributed by atoms with van der Waals surface area (Å²) in [6.45, 7) is 0. The van der Waals surface area contributed by atoms with Gasteiger partial charge in [0.25, 0.3) is 5.69 Å². The van der Waals surface area contributed by atoms with Crippen LogP contribution >= 0.6 is 0 Å². The number of hydrogen-bond acceptors (Lipinski definition) is 2. The normalized spacial score (nSPS) is 12.2. The smallest absolute Gasteiger partial charge is 0.259 e. The molecule has 2 aromatic carbocycles. The predicted molar refractivity (Wildman–Crippen MR) is 106 cm³/mol. The van der Waals surface area contributed by atoms with Gasteiger partial charge in [-0.15, -0.1) is 0 Å². The SMILES string of the molecule is Cn1cc([C@H](CC(=O)c2cccc[n+]2[O-])c2ccccc2)c2ccccc21. The lowest BCUT2D eigenvalue weighted by Gasteiger charge is -2.16. The fraction of sp³-hybridized carbons (Fsp3) is 0.130. The lowest BCUT2D eigenvalue weighted by atomic mass is 9.86. The molecule has 0 unspecified atom stereocenters.